The van der Waals surface area contributed by atoms with Crippen molar-refractivity contribution in [3.05, 3.63) is 0 Å². The summed E-state index contributed by atoms with van der Waals surface area (Å²) in [6.07, 6.45) is 0. The predicted molar refractivity (Wildman–Crippen MR) is 48.0 cm³/mol. The zero-order chi connectivity index (χ0) is 7.71. The van der Waals surface area contributed by atoms with Gasteiger partial charge in [0.25, 0.3) is 0 Å². The van der Waals surface area contributed by atoms with Gasteiger partial charge in [-0.05, 0) is 0 Å². The van der Waals surface area contributed by atoms with Crippen LogP contribution in [0, 0.1) is 0 Å². The van der Waals surface area contributed by atoms with Crippen LogP contribution >= 0.6 is 0 Å². The molecule has 0 saturated carbocycles. The summed E-state index contributed by atoms with van der Waals surface area (Å²) in [4.78, 5) is 0. The number of hydrogen-bond acceptors (Lipinski definition) is 0. The molecular weight excluding hydrogens is 169 g/mol. The quantitative estimate of drug-likeness (QED) is 0.513. The van der Waals surface area contributed by atoms with Gasteiger partial charge in [0.1, 0.15) is 0 Å². The Morgan fingerprint density at radius 1 is 0.667 bits per heavy atom. The number of hydrogen-bond donors (Lipinski definition) is 0. The maximum atomic E-state index is 2.37. The van der Waals surface area contributed by atoms with Crippen LogP contribution in [0.3, 0.4) is 0 Å². The Labute approximate surface area is 65.9 Å². The van der Waals surface area contributed by atoms with Crippen molar-refractivity contribution in [3.8, 4) is 0 Å². The van der Waals surface area contributed by atoms with Crippen LogP contribution in [0.25, 0.3) is 0 Å². The molecule has 0 aliphatic rings. The Kier molecular flexibility index (Phi) is 2.81. The fourth-order valence-electron chi connectivity index (χ4n) is 1.59. The summed E-state index contributed by atoms with van der Waals surface area (Å²) in [6, 6.07) is 0. The van der Waals surface area contributed by atoms with Crippen molar-refractivity contribution in [3.63, 3.8) is 0 Å². The van der Waals surface area contributed by atoms with E-state index in [1.54, 1.807) is 0 Å². The molecule has 0 aromatic carbocycles. The van der Waals surface area contributed by atoms with Crippen molar-refractivity contribution >= 4 is 15.4 Å². The predicted octanol–water partition coefficient (Wildman–Crippen LogP) is 2.59. The molecule has 0 N–H and O–H groups in total. The average molecular weight is 189 g/mol. The first-order chi connectivity index (χ1) is 3.71. The summed E-state index contributed by atoms with van der Waals surface area (Å²) in [5.41, 5.74) is 0. The fraction of sp³-hybridized carbons (Fsp3) is 1.00. The van der Waals surface area contributed by atoms with Gasteiger partial charge in [-0.15, -0.1) is 0 Å². The van der Waals surface area contributed by atoms with E-state index in [-0.39, 0.29) is 15.4 Å². The van der Waals surface area contributed by atoms with Gasteiger partial charge in [-0.25, -0.2) is 0 Å². The molecule has 0 aromatic heterocycles. The van der Waals surface area contributed by atoms with Crippen LogP contribution < -0.4 is 0 Å². The first kappa shape index (κ1) is 9.54. The maximum absolute atomic E-state index is 2.37. The summed E-state index contributed by atoms with van der Waals surface area (Å²) in [5, 5.41) is 0. The Morgan fingerprint density at radius 3 is 0.889 bits per heavy atom. The molecule has 0 atom stereocenters. The third-order valence-electron chi connectivity index (χ3n) is 1.06. The van der Waals surface area contributed by atoms with Crippen molar-refractivity contribution < 1.29 is 0 Å². The van der Waals surface area contributed by atoms with Crippen LogP contribution in [-0.2, 0) is 0 Å². The van der Waals surface area contributed by atoms with Crippen molar-refractivity contribution in [2.75, 3.05) is 0 Å². The minimum absolute atomic E-state index is 0.333. The third-order valence-corrected chi connectivity index (χ3v) is 5.51. The molecule has 0 aromatic rings. The second-order valence-corrected chi connectivity index (χ2v) is 14.9. The molecule has 0 aliphatic heterocycles. The Bertz CT molecular complexity index is 69.7. The summed E-state index contributed by atoms with van der Waals surface area (Å²) < 4.78 is 1.34. The van der Waals surface area contributed by atoms with E-state index < -0.39 is 0 Å². The van der Waals surface area contributed by atoms with E-state index in [1.807, 2.05) is 0 Å². The van der Waals surface area contributed by atoms with E-state index in [2.05, 4.69) is 41.5 Å². The van der Waals surface area contributed by atoms with E-state index in [1.165, 1.54) is 0 Å². The van der Waals surface area contributed by atoms with Crippen LogP contribution in [0.2, 0.25) is 8.49 Å². The molecule has 0 unspecified atom stereocenters. The Morgan fingerprint density at radius 2 is 0.889 bits per heavy atom. The molecule has 0 radical (unpaired) electrons. The second-order valence-electron chi connectivity index (χ2n) is 5.30. The first-order valence-corrected chi connectivity index (χ1v) is 6.67. The molecule has 0 amide bonds. The fourth-order valence-corrected chi connectivity index (χ4v) is 8.27. The van der Waals surface area contributed by atoms with E-state index in [0.29, 0.717) is 8.49 Å². The molecule has 0 spiro atoms. The molecule has 0 saturated heterocycles. The zero-order valence-electron chi connectivity index (χ0n) is 7.71. The van der Waals surface area contributed by atoms with Crippen LogP contribution in [0.1, 0.15) is 41.5 Å². The molecule has 9 heavy (non-hydrogen) atoms. The van der Waals surface area contributed by atoms with Crippen molar-refractivity contribution in [2.45, 2.75) is 50.0 Å². The topological polar surface area (TPSA) is 0 Å². The van der Waals surface area contributed by atoms with Gasteiger partial charge in [0.05, 0.1) is 0 Å². The molecule has 0 rings (SSSR count). The van der Waals surface area contributed by atoms with Crippen LogP contribution in [0.5, 0.6) is 0 Å². The Hall–Kier alpha value is 0.543. The molecule has 0 fully saturated rings. The molecule has 56 valence electrons. The normalized spacial score (nSPS) is 14.0. The van der Waals surface area contributed by atoms with Gasteiger partial charge in [0.15, 0.2) is 0 Å². The van der Waals surface area contributed by atoms with Crippen molar-refractivity contribution in [1.29, 1.82) is 0 Å². The first-order valence-electron chi connectivity index (χ1n) is 3.71. The Balaban J connectivity index is 3.75. The molecule has 1 heteroatoms. The monoisotopic (exact) mass is 190 g/mol. The summed E-state index contributed by atoms with van der Waals surface area (Å²) in [6.45, 7) is 14.2. The molecule has 0 aliphatic carbocycles. The zero-order valence-corrected chi connectivity index (χ0v) is 10.7. The van der Waals surface area contributed by atoms with Gasteiger partial charge >= 0.3 is 65.5 Å². The number of rotatable bonds is 0. The summed E-state index contributed by atoms with van der Waals surface area (Å²) >= 11 is -0.333. The van der Waals surface area contributed by atoms with E-state index in [4.69, 9.17) is 0 Å². The standard InChI is InChI=1S/C8H20Ge/c1-7(2,3)9-8(4,5)6/h9H2,1-6H3. The van der Waals surface area contributed by atoms with Crippen LogP contribution in [0.4, 0.5) is 0 Å². The van der Waals surface area contributed by atoms with Gasteiger partial charge in [-0.2, -0.15) is 0 Å². The molecule has 0 heterocycles. The third kappa shape index (κ3) is 8.54. The molecule has 0 bridgehead atoms. The summed E-state index contributed by atoms with van der Waals surface area (Å²) in [7, 11) is 0. The SMILES string of the molecule is C[C](C)(C)[GeH2][C](C)(C)C. The van der Waals surface area contributed by atoms with E-state index in [9.17, 15) is 0 Å². The minimum atomic E-state index is -0.333. The average Bonchev–Trinajstić information content (AvgIpc) is 1.14. The van der Waals surface area contributed by atoms with E-state index >= 15 is 0 Å². The molecular formula is C8H20Ge. The van der Waals surface area contributed by atoms with Crippen molar-refractivity contribution in [1.82, 2.24) is 0 Å². The van der Waals surface area contributed by atoms with Crippen molar-refractivity contribution in [2.24, 2.45) is 0 Å². The van der Waals surface area contributed by atoms with Gasteiger partial charge in [0, 0.05) is 0 Å². The van der Waals surface area contributed by atoms with Gasteiger partial charge in [-0.3, -0.25) is 0 Å². The summed E-state index contributed by atoms with van der Waals surface area (Å²) in [5.74, 6) is 0. The van der Waals surface area contributed by atoms with Gasteiger partial charge in [-0.1, -0.05) is 0 Å². The second kappa shape index (κ2) is 2.65. The van der Waals surface area contributed by atoms with Gasteiger partial charge in [0.2, 0.25) is 0 Å². The van der Waals surface area contributed by atoms with Crippen LogP contribution in [-0.4, -0.2) is 15.4 Å². The van der Waals surface area contributed by atoms with Crippen LogP contribution in [0.15, 0.2) is 0 Å². The molecule has 0 nitrogen and oxygen atoms in total. The van der Waals surface area contributed by atoms with E-state index in [0.717, 1.165) is 0 Å². The van der Waals surface area contributed by atoms with Gasteiger partial charge < -0.3 is 0 Å².